The molecule has 1 unspecified atom stereocenters. The largest absolute Gasteiger partial charge is 0.453 e. The van der Waals surface area contributed by atoms with E-state index in [0.29, 0.717) is 6.92 Å². The molecule has 9 heteroatoms. The number of esters is 2. The SMILES string of the molecule is CC(OC(=O)CCC(=O)Oc1ccc(F)cc1Br)C(F)(F)F. The van der Waals surface area contributed by atoms with Crippen LogP contribution in [0, 0.1) is 5.82 Å². The molecule has 0 heterocycles. The van der Waals surface area contributed by atoms with Crippen molar-refractivity contribution in [3.05, 3.63) is 28.5 Å². The summed E-state index contributed by atoms with van der Waals surface area (Å²) in [4.78, 5) is 22.6. The summed E-state index contributed by atoms with van der Waals surface area (Å²) in [7, 11) is 0. The van der Waals surface area contributed by atoms with Crippen LogP contribution in [0.15, 0.2) is 22.7 Å². The molecule has 1 aromatic carbocycles. The molecular formula is C13H11BrF4O4. The van der Waals surface area contributed by atoms with Crippen LogP contribution in [0.1, 0.15) is 19.8 Å². The lowest BCUT2D eigenvalue weighted by Crippen LogP contribution is -2.31. The minimum Gasteiger partial charge on any atom is -0.453 e. The van der Waals surface area contributed by atoms with Gasteiger partial charge in [0.05, 0.1) is 17.3 Å². The fourth-order valence-electron chi connectivity index (χ4n) is 1.26. The van der Waals surface area contributed by atoms with Gasteiger partial charge in [-0.3, -0.25) is 9.59 Å². The summed E-state index contributed by atoms with van der Waals surface area (Å²) < 4.78 is 58.5. The van der Waals surface area contributed by atoms with Crippen LogP contribution in [-0.4, -0.2) is 24.2 Å². The van der Waals surface area contributed by atoms with Gasteiger partial charge in [0.15, 0.2) is 6.10 Å². The zero-order valence-electron chi connectivity index (χ0n) is 11.2. The molecule has 0 fully saturated rings. The molecule has 0 bridgehead atoms. The van der Waals surface area contributed by atoms with E-state index < -0.39 is 42.9 Å². The predicted octanol–water partition coefficient (Wildman–Crippen LogP) is 3.77. The first kappa shape index (κ1) is 18.4. The van der Waals surface area contributed by atoms with Crippen LogP contribution in [0.25, 0.3) is 0 Å². The maximum atomic E-state index is 12.8. The molecule has 0 aliphatic rings. The van der Waals surface area contributed by atoms with Gasteiger partial charge in [-0.25, -0.2) is 4.39 Å². The van der Waals surface area contributed by atoms with Gasteiger partial charge < -0.3 is 9.47 Å². The fourth-order valence-corrected chi connectivity index (χ4v) is 1.69. The van der Waals surface area contributed by atoms with E-state index in [1.807, 2.05) is 0 Å². The lowest BCUT2D eigenvalue weighted by molar-refractivity contribution is -0.216. The van der Waals surface area contributed by atoms with Crippen molar-refractivity contribution in [3.63, 3.8) is 0 Å². The van der Waals surface area contributed by atoms with Crippen LogP contribution in [-0.2, 0) is 14.3 Å². The van der Waals surface area contributed by atoms with Gasteiger partial charge in [0, 0.05) is 0 Å². The van der Waals surface area contributed by atoms with E-state index in [4.69, 9.17) is 4.74 Å². The lowest BCUT2D eigenvalue weighted by Gasteiger charge is -2.16. The molecule has 0 aliphatic heterocycles. The molecular weight excluding hydrogens is 376 g/mol. The molecule has 0 spiro atoms. The average molecular weight is 387 g/mol. The van der Waals surface area contributed by atoms with Gasteiger partial charge in [-0.15, -0.1) is 0 Å². The van der Waals surface area contributed by atoms with E-state index in [1.54, 1.807) is 0 Å². The molecule has 1 rings (SSSR count). The standard InChI is InChI=1S/C13H11BrF4O4/c1-7(13(16,17)18)21-11(19)4-5-12(20)22-10-3-2-8(15)6-9(10)14/h2-3,6-7H,4-5H2,1H3. The van der Waals surface area contributed by atoms with Crippen LogP contribution in [0.5, 0.6) is 5.75 Å². The van der Waals surface area contributed by atoms with Gasteiger partial charge in [0.25, 0.3) is 0 Å². The second-order valence-corrected chi connectivity index (χ2v) is 5.08. The first-order valence-electron chi connectivity index (χ1n) is 6.01. The third-order valence-corrected chi connectivity index (χ3v) is 3.04. The Morgan fingerprint density at radius 1 is 1.23 bits per heavy atom. The molecule has 4 nitrogen and oxygen atoms in total. The second kappa shape index (κ2) is 7.57. The summed E-state index contributed by atoms with van der Waals surface area (Å²) in [6.07, 6.45) is -7.93. The zero-order chi connectivity index (χ0) is 16.9. The van der Waals surface area contributed by atoms with Crippen molar-refractivity contribution < 1.29 is 36.6 Å². The highest BCUT2D eigenvalue weighted by atomic mass is 79.9. The smallest absolute Gasteiger partial charge is 0.425 e. The van der Waals surface area contributed by atoms with Crippen molar-refractivity contribution in [1.29, 1.82) is 0 Å². The van der Waals surface area contributed by atoms with Crippen molar-refractivity contribution in [3.8, 4) is 5.75 Å². The highest BCUT2D eigenvalue weighted by Gasteiger charge is 2.39. The van der Waals surface area contributed by atoms with E-state index in [0.717, 1.165) is 12.1 Å². The summed E-state index contributed by atoms with van der Waals surface area (Å²) in [5, 5.41) is 0. The third kappa shape index (κ3) is 6.00. The summed E-state index contributed by atoms with van der Waals surface area (Å²) in [6.45, 7) is 0.686. The number of hydrogen-bond donors (Lipinski definition) is 0. The van der Waals surface area contributed by atoms with E-state index in [2.05, 4.69) is 20.7 Å². The minimum atomic E-state index is -4.66. The Morgan fingerprint density at radius 3 is 2.36 bits per heavy atom. The number of carbonyl (C=O) groups excluding carboxylic acids is 2. The predicted molar refractivity (Wildman–Crippen MR) is 70.6 cm³/mol. The molecule has 0 saturated heterocycles. The molecule has 0 amide bonds. The van der Waals surface area contributed by atoms with Crippen LogP contribution in [0.3, 0.4) is 0 Å². The first-order valence-corrected chi connectivity index (χ1v) is 6.81. The molecule has 1 atom stereocenters. The van der Waals surface area contributed by atoms with Gasteiger partial charge in [0.1, 0.15) is 11.6 Å². The van der Waals surface area contributed by atoms with Crippen molar-refractivity contribution in [2.45, 2.75) is 32.0 Å². The summed E-state index contributed by atoms with van der Waals surface area (Å²) in [5.41, 5.74) is 0. The Hall–Kier alpha value is -1.64. The highest BCUT2D eigenvalue weighted by molar-refractivity contribution is 9.10. The van der Waals surface area contributed by atoms with Crippen LogP contribution < -0.4 is 4.74 Å². The molecule has 0 radical (unpaired) electrons. The van der Waals surface area contributed by atoms with E-state index in [-0.39, 0.29) is 10.2 Å². The number of halogens is 5. The van der Waals surface area contributed by atoms with Gasteiger partial charge in [-0.2, -0.15) is 13.2 Å². The van der Waals surface area contributed by atoms with Crippen molar-refractivity contribution in [2.75, 3.05) is 0 Å². The van der Waals surface area contributed by atoms with Gasteiger partial charge >= 0.3 is 18.1 Å². The Bertz CT molecular complexity index is 559. The number of alkyl halides is 3. The van der Waals surface area contributed by atoms with Gasteiger partial charge in [0.2, 0.25) is 0 Å². The Morgan fingerprint density at radius 2 is 1.82 bits per heavy atom. The minimum absolute atomic E-state index is 0.0310. The molecule has 0 aromatic heterocycles. The van der Waals surface area contributed by atoms with E-state index in [9.17, 15) is 27.2 Å². The fraction of sp³-hybridized carbons (Fsp3) is 0.385. The summed E-state index contributed by atoms with van der Waals surface area (Å²) in [6, 6.07) is 3.33. The van der Waals surface area contributed by atoms with Crippen molar-refractivity contribution >= 4 is 27.9 Å². The molecule has 0 aliphatic carbocycles. The van der Waals surface area contributed by atoms with Gasteiger partial charge in [-0.1, -0.05) is 0 Å². The van der Waals surface area contributed by atoms with Crippen LogP contribution >= 0.6 is 15.9 Å². The Kier molecular flexibility index (Phi) is 6.34. The number of carbonyl (C=O) groups is 2. The zero-order valence-corrected chi connectivity index (χ0v) is 12.8. The molecule has 122 valence electrons. The maximum Gasteiger partial charge on any atom is 0.425 e. The van der Waals surface area contributed by atoms with Crippen molar-refractivity contribution in [2.24, 2.45) is 0 Å². The van der Waals surface area contributed by atoms with Crippen molar-refractivity contribution in [1.82, 2.24) is 0 Å². The molecule has 0 saturated carbocycles. The second-order valence-electron chi connectivity index (χ2n) is 4.22. The van der Waals surface area contributed by atoms with Crippen LogP contribution in [0.2, 0.25) is 0 Å². The number of ether oxygens (including phenoxy) is 2. The summed E-state index contributed by atoms with van der Waals surface area (Å²) >= 11 is 2.98. The van der Waals surface area contributed by atoms with E-state index in [1.165, 1.54) is 6.07 Å². The maximum absolute atomic E-state index is 12.8. The normalized spacial score (nSPS) is 12.6. The highest BCUT2D eigenvalue weighted by Crippen LogP contribution is 2.26. The monoisotopic (exact) mass is 386 g/mol. The Balaban J connectivity index is 2.44. The Labute approximate surface area is 131 Å². The quantitative estimate of drug-likeness (QED) is 0.439. The third-order valence-electron chi connectivity index (χ3n) is 2.42. The van der Waals surface area contributed by atoms with Crippen LogP contribution in [0.4, 0.5) is 17.6 Å². The number of rotatable bonds is 5. The lowest BCUT2D eigenvalue weighted by atomic mass is 10.3. The molecule has 0 N–H and O–H groups in total. The number of hydrogen-bond acceptors (Lipinski definition) is 4. The topological polar surface area (TPSA) is 52.6 Å². The molecule has 22 heavy (non-hydrogen) atoms. The van der Waals surface area contributed by atoms with E-state index >= 15 is 0 Å². The first-order chi connectivity index (χ1) is 10.1. The van der Waals surface area contributed by atoms with Gasteiger partial charge in [-0.05, 0) is 41.1 Å². The summed E-state index contributed by atoms with van der Waals surface area (Å²) in [5.74, 6) is -2.54. The number of benzene rings is 1. The molecule has 1 aromatic rings. The average Bonchev–Trinajstić information content (AvgIpc) is 2.38.